The molecule has 20 heavy (non-hydrogen) atoms. The summed E-state index contributed by atoms with van der Waals surface area (Å²) in [5.74, 6) is 0.416. The predicted molar refractivity (Wildman–Crippen MR) is 73.8 cm³/mol. The summed E-state index contributed by atoms with van der Waals surface area (Å²) in [5.41, 5.74) is 0.682. The molecule has 1 amide bonds. The Bertz CT molecular complexity index is 693. The van der Waals surface area contributed by atoms with E-state index in [2.05, 4.69) is 10.3 Å². The van der Waals surface area contributed by atoms with Crippen LogP contribution in [0.3, 0.4) is 0 Å². The number of aromatic amines is 1. The van der Waals surface area contributed by atoms with Gasteiger partial charge in [0.1, 0.15) is 11.3 Å². The van der Waals surface area contributed by atoms with E-state index in [1.54, 1.807) is 6.07 Å². The topological polar surface area (TPSA) is 71.2 Å². The molecule has 0 saturated carbocycles. The van der Waals surface area contributed by atoms with Crippen molar-refractivity contribution in [1.82, 2.24) is 10.3 Å². The Morgan fingerprint density at radius 2 is 2.10 bits per heavy atom. The molecule has 102 valence electrons. The van der Waals surface area contributed by atoms with E-state index in [1.807, 2.05) is 24.3 Å². The number of nitrogens with one attached hydrogen (secondary N) is 2. The Hall–Kier alpha value is -2.56. The standard InChI is InChI=1S/C15H14N2O3/c18-14-11(5-3-8-16-14)15(19)17-12-7-9-20-13-6-2-1-4-10(12)13/h1-6,8,12H,7,9H2,(H,16,18)(H,17,19)/t12-/m0/s1. The zero-order chi connectivity index (χ0) is 13.9. The van der Waals surface area contributed by atoms with E-state index in [0.717, 1.165) is 11.3 Å². The molecule has 1 atom stereocenters. The number of para-hydroxylation sites is 1. The Labute approximate surface area is 115 Å². The largest absolute Gasteiger partial charge is 0.493 e. The van der Waals surface area contributed by atoms with Crippen LogP contribution in [-0.4, -0.2) is 17.5 Å². The third-order valence-corrected chi connectivity index (χ3v) is 3.33. The summed E-state index contributed by atoms with van der Waals surface area (Å²) in [6, 6.07) is 10.6. The van der Waals surface area contributed by atoms with Gasteiger partial charge < -0.3 is 15.0 Å². The molecule has 1 aromatic carbocycles. The molecule has 2 heterocycles. The Balaban J connectivity index is 1.85. The number of pyridine rings is 1. The number of hydrogen-bond acceptors (Lipinski definition) is 3. The van der Waals surface area contributed by atoms with Crippen LogP contribution in [-0.2, 0) is 0 Å². The van der Waals surface area contributed by atoms with E-state index in [1.165, 1.54) is 12.3 Å². The number of aromatic nitrogens is 1. The van der Waals surface area contributed by atoms with E-state index in [9.17, 15) is 9.59 Å². The fourth-order valence-electron chi connectivity index (χ4n) is 2.33. The van der Waals surface area contributed by atoms with Crippen molar-refractivity contribution in [2.24, 2.45) is 0 Å². The van der Waals surface area contributed by atoms with Gasteiger partial charge in [-0.25, -0.2) is 0 Å². The van der Waals surface area contributed by atoms with Gasteiger partial charge in [-0.05, 0) is 18.2 Å². The number of ether oxygens (including phenoxy) is 1. The van der Waals surface area contributed by atoms with Crippen molar-refractivity contribution in [1.29, 1.82) is 0 Å². The predicted octanol–water partition coefficient (Wildman–Crippen LogP) is 1.63. The molecule has 1 aliphatic rings. The number of amides is 1. The number of rotatable bonds is 2. The lowest BCUT2D eigenvalue weighted by atomic mass is 10.0. The van der Waals surface area contributed by atoms with Crippen LogP contribution >= 0.6 is 0 Å². The molecule has 2 N–H and O–H groups in total. The van der Waals surface area contributed by atoms with Crippen molar-refractivity contribution in [3.05, 3.63) is 64.1 Å². The van der Waals surface area contributed by atoms with Crippen LogP contribution in [0.5, 0.6) is 5.75 Å². The number of H-pyrrole nitrogens is 1. The second-order valence-corrected chi connectivity index (χ2v) is 4.61. The number of fused-ring (bicyclic) bond motifs is 1. The van der Waals surface area contributed by atoms with E-state index in [-0.39, 0.29) is 23.1 Å². The molecule has 5 heteroatoms. The highest BCUT2D eigenvalue weighted by Crippen LogP contribution is 2.31. The molecule has 0 bridgehead atoms. The molecule has 0 unspecified atom stereocenters. The summed E-state index contributed by atoms with van der Waals surface area (Å²) in [4.78, 5) is 26.3. The maximum absolute atomic E-state index is 12.2. The lowest BCUT2D eigenvalue weighted by Gasteiger charge is -2.26. The van der Waals surface area contributed by atoms with E-state index in [0.29, 0.717) is 13.0 Å². The van der Waals surface area contributed by atoms with Gasteiger partial charge in [0.15, 0.2) is 0 Å². The number of benzene rings is 1. The molecular weight excluding hydrogens is 256 g/mol. The molecular formula is C15H14N2O3. The monoisotopic (exact) mass is 270 g/mol. The number of carbonyl (C=O) groups excluding carboxylic acids is 1. The molecule has 3 rings (SSSR count). The zero-order valence-electron chi connectivity index (χ0n) is 10.8. The van der Waals surface area contributed by atoms with Gasteiger partial charge in [0.2, 0.25) is 0 Å². The highest BCUT2D eigenvalue weighted by molar-refractivity contribution is 5.94. The molecule has 0 fully saturated rings. The Kier molecular flexibility index (Phi) is 3.25. The van der Waals surface area contributed by atoms with Crippen LogP contribution in [0, 0.1) is 0 Å². The van der Waals surface area contributed by atoms with Gasteiger partial charge >= 0.3 is 0 Å². The molecule has 0 spiro atoms. The SMILES string of the molecule is O=C(N[C@H]1CCOc2ccccc21)c1ccc[nH]c1=O. The minimum absolute atomic E-state index is 0.122. The van der Waals surface area contributed by atoms with Crippen LogP contribution in [0.4, 0.5) is 0 Å². The highest BCUT2D eigenvalue weighted by atomic mass is 16.5. The summed E-state index contributed by atoms with van der Waals surface area (Å²) < 4.78 is 5.55. The fraction of sp³-hybridized carbons (Fsp3) is 0.200. The van der Waals surface area contributed by atoms with Crippen molar-refractivity contribution in [2.75, 3.05) is 6.61 Å². The van der Waals surface area contributed by atoms with Gasteiger partial charge in [-0.2, -0.15) is 0 Å². The Morgan fingerprint density at radius 3 is 2.95 bits per heavy atom. The summed E-state index contributed by atoms with van der Waals surface area (Å²) in [7, 11) is 0. The lowest BCUT2D eigenvalue weighted by Crippen LogP contribution is -2.35. The maximum atomic E-state index is 12.2. The quantitative estimate of drug-likeness (QED) is 0.871. The average Bonchev–Trinajstić information content (AvgIpc) is 2.48. The fourth-order valence-corrected chi connectivity index (χ4v) is 2.33. The minimum atomic E-state index is -0.384. The van der Waals surface area contributed by atoms with Crippen LogP contribution in [0.25, 0.3) is 0 Å². The van der Waals surface area contributed by atoms with Gasteiger partial charge in [-0.1, -0.05) is 18.2 Å². The third kappa shape index (κ3) is 2.30. The van der Waals surface area contributed by atoms with Crippen LogP contribution in [0.15, 0.2) is 47.4 Å². The van der Waals surface area contributed by atoms with Crippen LogP contribution in [0.2, 0.25) is 0 Å². The van der Waals surface area contributed by atoms with Crippen molar-refractivity contribution in [2.45, 2.75) is 12.5 Å². The summed E-state index contributed by atoms with van der Waals surface area (Å²) in [6.07, 6.45) is 2.19. The van der Waals surface area contributed by atoms with Crippen LogP contribution in [0.1, 0.15) is 28.4 Å². The first-order valence-corrected chi connectivity index (χ1v) is 6.46. The highest BCUT2D eigenvalue weighted by Gasteiger charge is 2.23. The van der Waals surface area contributed by atoms with Crippen molar-refractivity contribution >= 4 is 5.91 Å². The minimum Gasteiger partial charge on any atom is -0.493 e. The summed E-state index contributed by atoms with van der Waals surface area (Å²) in [5, 5.41) is 2.89. The number of carbonyl (C=O) groups is 1. The van der Waals surface area contributed by atoms with E-state index < -0.39 is 0 Å². The molecule has 2 aromatic rings. The Morgan fingerprint density at radius 1 is 1.25 bits per heavy atom. The molecule has 0 radical (unpaired) electrons. The van der Waals surface area contributed by atoms with E-state index >= 15 is 0 Å². The second kappa shape index (κ2) is 5.21. The van der Waals surface area contributed by atoms with Gasteiger partial charge in [0, 0.05) is 18.2 Å². The second-order valence-electron chi connectivity index (χ2n) is 4.61. The van der Waals surface area contributed by atoms with Gasteiger partial charge in [0.05, 0.1) is 12.6 Å². The number of hydrogen-bond donors (Lipinski definition) is 2. The first-order valence-electron chi connectivity index (χ1n) is 6.46. The zero-order valence-corrected chi connectivity index (χ0v) is 10.8. The third-order valence-electron chi connectivity index (χ3n) is 3.33. The molecule has 0 saturated heterocycles. The van der Waals surface area contributed by atoms with E-state index in [4.69, 9.17) is 4.74 Å². The molecule has 1 aliphatic heterocycles. The lowest BCUT2D eigenvalue weighted by molar-refractivity contribution is 0.0923. The average molecular weight is 270 g/mol. The molecule has 0 aliphatic carbocycles. The smallest absolute Gasteiger partial charge is 0.260 e. The van der Waals surface area contributed by atoms with Crippen molar-refractivity contribution in [3.63, 3.8) is 0 Å². The van der Waals surface area contributed by atoms with Crippen LogP contribution < -0.4 is 15.6 Å². The van der Waals surface area contributed by atoms with Crippen molar-refractivity contribution < 1.29 is 9.53 Å². The first-order chi connectivity index (χ1) is 9.75. The van der Waals surface area contributed by atoms with Gasteiger partial charge in [-0.15, -0.1) is 0 Å². The molecule has 5 nitrogen and oxygen atoms in total. The normalized spacial score (nSPS) is 16.9. The maximum Gasteiger partial charge on any atom is 0.260 e. The summed E-state index contributed by atoms with van der Waals surface area (Å²) >= 11 is 0. The molecule has 1 aromatic heterocycles. The first kappa shape index (κ1) is 12.5. The van der Waals surface area contributed by atoms with Crippen molar-refractivity contribution in [3.8, 4) is 5.75 Å². The summed E-state index contributed by atoms with van der Waals surface area (Å²) in [6.45, 7) is 0.549. The van der Waals surface area contributed by atoms with Gasteiger partial charge in [-0.3, -0.25) is 9.59 Å². The van der Waals surface area contributed by atoms with Gasteiger partial charge in [0.25, 0.3) is 11.5 Å².